The van der Waals surface area contributed by atoms with Crippen LogP contribution in [0, 0.1) is 5.92 Å². The summed E-state index contributed by atoms with van der Waals surface area (Å²) in [5.41, 5.74) is 7.21. The Morgan fingerprint density at radius 3 is 2.80 bits per heavy atom. The average Bonchev–Trinajstić information content (AvgIpc) is 3.27. The van der Waals surface area contributed by atoms with E-state index in [0.717, 1.165) is 50.0 Å². The van der Waals surface area contributed by atoms with Crippen molar-refractivity contribution in [2.24, 2.45) is 11.7 Å². The van der Waals surface area contributed by atoms with Crippen LogP contribution in [0.1, 0.15) is 44.1 Å². The van der Waals surface area contributed by atoms with Gasteiger partial charge >= 0.3 is 0 Å². The Labute approximate surface area is 150 Å². The van der Waals surface area contributed by atoms with Crippen molar-refractivity contribution in [3.8, 4) is 5.75 Å². The van der Waals surface area contributed by atoms with Crippen LogP contribution in [0.4, 0.5) is 0 Å². The van der Waals surface area contributed by atoms with E-state index < -0.39 is 0 Å². The van der Waals surface area contributed by atoms with Gasteiger partial charge < -0.3 is 20.1 Å². The second-order valence-electron chi connectivity index (χ2n) is 7.28. The zero-order chi connectivity index (χ0) is 17.6. The molecule has 1 saturated carbocycles. The summed E-state index contributed by atoms with van der Waals surface area (Å²) in [6.45, 7) is 2.01. The van der Waals surface area contributed by atoms with Crippen molar-refractivity contribution in [2.75, 3.05) is 20.3 Å². The van der Waals surface area contributed by atoms with Crippen LogP contribution < -0.4 is 10.5 Å². The Hall–Kier alpha value is -1.59. The fourth-order valence-electron chi connectivity index (χ4n) is 4.00. The first-order chi connectivity index (χ1) is 12.2. The van der Waals surface area contributed by atoms with E-state index in [1.165, 1.54) is 0 Å². The van der Waals surface area contributed by atoms with Gasteiger partial charge in [0.1, 0.15) is 5.75 Å². The number of carbonyl (C=O) groups excluding carboxylic acids is 1. The quantitative estimate of drug-likeness (QED) is 0.824. The molecule has 0 spiro atoms. The molecular weight excluding hydrogens is 316 g/mol. The third-order valence-corrected chi connectivity index (χ3v) is 5.51. The molecule has 25 heavy (non-hydrogen) atoms. The molecule has 1 aliphatic heterocycles. The van der Waals surface area contributed by atoms with Crippen molar-refractivity contribution in [3.63, 3.8) is 0 Å². The number of methoxy groups -OCH3 is 1. The van der Waals surface area contributed by atoms with Crippen LogP contribution in [-0.4, -0.2) is 43.2 Å². The number of para-hydroxylation sites is 1. The van der Waals surface area contributed by atoms with E-state index in [-0.39, 0.29) is 18.1 Å². The van der Waals surface area contributed by atoms with Gasteiger partial charge in [0.2, 0.25) is 5.91 Å². The van der Waals surface area contributed by atoms with Gasteiger partial charge in [0.25, 0.3) is 0 Å². The van der Waals surface area contributed by atoms with Crippen molar-refractivity contribution in [1.82, 2.24) is 4.90 Å². The molecule has 5 heteroatoms. The summed E-state index contributed by atoms with van der Waals surface area (Å²) in [5.74, 6) is 1.33. The van der Waals surface area contributed by atoms with E-state index in [9.17, 15) is 4.79 Å². The summed E-state index contributed by atoms with van der Waals surface area (Å²) in [7, 11) is 1.67. The van der Waals surface area contributed by atoms with Gasteiger partial charge in [-0.2, -0.15) is 0 Å². The summed E-state index contributed by atoms with van der Waals surface area (Å²) in [6, 6.07) is 8.07. The van der Waals surface area contributed by atoms with Crippen molar-refractivity contribution < 1.29 is 14.3 Å². The molecule has 1 unspecified atom stereocenters. The number of hydrogen-bond acceptors (Lipinski definition) is 4. The smallest absolute Gasteiger partial charge is 0.223 e. The van der Waals surface area contributed by atoms with E-state index in [1.807, 2.05) is 29.2 Å². The molecule has 1 aliphatic carbocycles. The van der Waals surface area contributed by atoms with Crippen molar-refractivity contribution in [2.45, 2.75) is 57.2 Å². The van der Waals surface area contributed by atoms with E-state index in [0.29, 0.717) is 25.4 Å². The highest BCUT2D eigenvalue weighted by molar-refractivity contribution is 5.76. The average molecular weight is 346 g/mol. The third-order valence-electron chi connectivity index (χ3n) is 5.51. The van der Waals surface area contributed by atoms with E-state index in [4.69, 9.17) is 15.2 Å². The topological polar surface area (TPSA) is 64.8 Å². The molecule has 3 atom stereocenters. The zero-order valence-corrected chi connectivity index (χ0v) is 15.2. The SMILES string of the molecule is COc1ccccc1CN(CC1CCCO1)C(=O)C[C@@H]1CCC[C@H]1N. The van der Waals surface area contributed by atoms with Gasteiger partial charge in [-0.15, -0.1) is 0 Å². The lowest BCUT2D eigenvalue weighted by atomic mass is 9.99. The number of ether oxygens (including phenoxy) is 2. The van der Waals surface area contributed by atoms with Crippen LogP contribution in [0.25, 0.3) is 0 Å². The number of hydrogen-bond donors (Lipinski definition) is 1. The molecular formula is C20H30N2O3. The summed E-state index contributed by atoms with van der Waals surface area (Å²) in [4.78, 5) is 15.0. The molecule has 0 aromatic heterocycles. The Morgan fingerprint density at radius 1 is 1.28 bits per heavy atom. The monoisotopic (exact) mass is 346 g/mol. The number of amides is 1. The van der Waals surface area contributed by atoms with Gasteiger partial charge in [-0.25, -0.2) is 0 Å². The number of rotatable bonds is 7. The molecule has 1 saturated heterocycles. The van der Waals surface area contributed by atoms with Gasteiger partial charge in [0, 0.05) is 37.7 Å². The minimum atomic E-state index is 0.149. The van der Waals surface area contributed by atoms with E-state index >= 15 is 0 Å². The first kappa shape index (κ1) is 18.2. The fraction of sp³-hybridized carbons (Fsp3) is 0.650. The van der Waals surface area contributed by atoms with E-state index in [1.54, 1.807) is 7.11 Å². The molecule has 5 nitrogen and oxygen atoms in total. The van der Waals surface area contributed by atoms with Crippen LogP contribution in [0.5, 0.6) is 5.75 Å². The van der Waals surface area contributed by atoms with Crippen LogP contribution >= 0.6 is 0 Å². The Bertz CT molecular complexity index is 572. The molecule has 0 radical (unpaired) electrons. The highest BCUT2D eigenvalue weighted by Crippen LogP contribution is 2.28. The third kappa shape index (κ3) is 4.73. The van der Waals surface area contributed by atoms with E-state index in [2.05, 4.69) is 0 Å². The highest BCUT2D eigenvalue weighted by Gasteiger charge is 2.30. The molecule has 1 aromatic rings. The first-order valence-electron chi connectivity index (χ1n) is 9.44. The van der Waals surface area contributed by atoms with Crippen LogP contribution in [-0.2, 0) is 16.1 Å². The summed E-state index contributed by atoms with van der Waals surface area (Å²) >= 11 is 0. The van der Waals surface area contributed by atoms with Crippen molar-refractivity contribution in [3.05, 3.63) is 29.8 Å². The minimum absolute atomic E-state index is 0.149. The number of carbonyl (C=O) groups is 1. The molecule has 3 rings (SSSR count). The minimum Gasteiger partial charge on any atom is -0.496 e. The predicted octanol–water partition coefficient (Wildman–Crippen LogP) is 2.72. The zero-order valence-electron chi connectivity index (χ0n) is 15.2. The normalized spacial score (nSPS) is 25.9. The standard InChI is InChI=1S/C20H30N2O3/c1-24-19-10-3-2-6-16(19)13-22(14-17-8-5-11-25-17)20(23)12-15-7-4-9-18(15)21/h2-3,6,10,15,17-18H,4-5,7-9,11-14,21H2,1H3/t15-,17?,18+/m0/s1. The largest absolute Gasteiger partial charge is 0.496 e. The van der Waals surface area contributed by atoms with Crippen molar-refractivity contribution in [1.29, 1.82) is 0 Å². The Morgan fingerprint density at radius 2 is 2.12 bits per heavy atom. The molecule has 2 fully saturated rings. The van der Waals surface area contributed by atoms with Crippen LogP contribution in [0.2, 0.25) is 0 Å². The van der Waals surface area contributed by atoms with Crippen LogP contribution in [0.15, 0.2) is 24.3 Å². The summed E-state index contributed by atoms with van der Waals surface area (Å²) in [6.07, 6.45) is 6.04. The maximum absolute atomic E-state index is 13.0. The number of nitrogens with zero attached hydrogens (tertiary/aromatic N) is 1. The van der Waals surface area contributed by atoms with Gasteiger partial charge in [0.15, 0.2) is 0 Å². The van der Waals surface area contributed by atoms with Gasteiger partial charge in [-0.1, -0.05) is 24.6 Å². The highest BCUT2D eigenvalue weighted by atomic mass is 16.5. The summed E-state index contributed by atoms with van der Waals surface area (Å²) in [5, 5.41) is 0. The molecule has 1 amide bonds. The lowest BCUT2D eigenvalue weighted by molar-refractivity contribution is -0.134. The Balaban J connectivity index is 1.70. The number of benzene rings is 1. The van der Waals surface area contributed by atoms with Crippen LogP contribution in [0.3, 0.4) is 0 Å². The fourth-order valence-corrected chi connectivity index (χ4v) is 4.00. The molecule has 138 valence electrons. The molecule has 2 aliphatic rings. The lowest BCUT2D eigenvalue weighted by Crippen LogP contribution is -2.39. The molecule has 1 heterocycles. The summed E-state index contributed by atoms with van der Waals surface area (Å²) < 4.78 is 11.2. The lowest BCUT2D eigenvalue weighted by Gasteiger charge is -2.28. The number of nitrogens with two attached hydrogens (primary N) is 1. The van der Waals surface area contributed by atoms with Gasteiger partial charge in [0.05, 0.1) is 13.2 Å². The van der Waals surface area contributed by atoms with Crippen molar-refractivity contribution >= 4 is 5.91 Å². The molecule has 0 bridgehead atoms. The predicted molar refractivity (Wildman–Crippen MR) is 97.3 cm³/mol. The molecule has 1 aromatic carbocycles. The second-order valence-corrected chi connectivity index (χ2v) is 7.28. The Kier molecular flexibility index (Phi) is 6.32. The van der Waals surface area contributed by atoms with Gasteiger partial charge in [-0.05, 0) is 37.7 Å². The second kappa shape index (κ2) is 8.68. The maximum Gasteiger partial charge on any atom is 0.223 e. The maximum atomic E-state index is 13.0. The first-order valence-corrected chi connectivity index (χ1v) is 9.44. The molecule has 2 N–H and O–H groups in total. The van der Waals surface area contributed by atoms with Gasteiger partial charge in [-0.3, -0.25) is 4.79 Å².